The van der Waals surface area contributed by atoms with Crippen LogP contribution in [0.15, 0.2) is 33.4 Å². The molecular weight excluding hydrogens is 410 g/mol. The van der Waals surface area contributed by atoms with Crippen LogP contribution in [-0.4, -0.2) is 44.4 Å². The molecule has 134 valence electrons. The highest BCUT2D eigenvalue weighted by Crippen LogP contribution is 2.46. The van der Waals surface area contributed by atoms with E-state index in [4.69, 9.17) is 18.6 Å². The number of methoxy groups -OCH3 is 3. The average Bonchev–Trinajstić information content (AvgIpc) is 3.28. The fraction of sp³-hybridized carbons (Fsp3) is 0.353. The molecule has 1 amide bonds. The molecular formula is C17H18BrNO5S. The average molecular weight is 428 g/mol. The zero-order valence-corrected chi connectivity index (χ0v) is 16.5. The van der Waals surface area contributed by atoms with E-state index in [-0.39, 0.29) is 11.3 Å². The van der Waals surface area contributed by atoms with Crippen LogP contribution in [0.3, 0.4) is 0 Å². The number of hydrogen-bond acceptors (Lipinski definition) is 6. The van der Waals surface area contributed by atoms with Crippen molar-refractivity contribution in [1.29, 1.82) is 0 Å². The maximum absolute atomic E-state index is 12.8. The van der Waals surface area contributed by atoms with Crippen molar-refractivity contribution in [2.45, 2.75) is 5.37 Å². The summed E-state index contributed by atoms with van der Waals surface area (Å²) in [6.45, 7) is 0.629. The van der Waals surface area contributed by atoms with Gasteiger partial charge in [-0.25, -0.2) is 0 Å². The van der Waals surface area contributed by atoms with Gasteiger partial charge in [-0.1, -0.05) is 0 Å². The third-order valence-electron chi connectivity index (χ3n) is 3.94. The summed E-state index contributed by atoms with van der Waals surface area (Å²) in [7, 11) is 4.76. The van der Waals surface area contributed by atoms with Crippen molar-refractivity contribution in [3.63, 3.8) is 0 Å². The van der Waals surface area contributed by atoms with Gasteiger partial charge in [0.05, 0.1) is 21.3 Å². The van der Waals surface area contributed by atoms with Crippen LogP contribution < -0.4 is 14.2 Å². The molecule has 6 nitrogen and oxygen atoms in total. The van der Waals surface area contributed by atoms with Gasteiger partial charge < -0.3 is 23.5 Å². The standard InChI is InChI=1S/C17H18BrNO5S/c1-21-12-9-14(23-3)13(22-2)8-10(12)17-19(6-7-25-17)16(20)11-4-5-15(18)24-11/h4-5,8-9,17H,6-7H2,1-3H3. The Bertz CT molecular complexity index is 778. The highest BCUT2D eigenvalue weighted by Gasteiger charge is 2.35. The number of furan rings is 1. The lowest BCUT2D eigenvalue weighted by Gasteiger charge is -2.25. The van der Waals surface area contributed by atoms with Crippen LogP contribution in [0.1, 0.15) is 21.5 Å². The molecule has 0 radical (unpaired) electrons. The molecule has 1 aromatic heterocycles. The summed E-state index contributed by atoms with van der Waals surface area (Å²) >= 11 is 4.90. The lowest BCUT2D eigenvalue weighted by molar-refractivity contribution is 0.0725. The summed E-state index contributed by atoms with van der Waals surface area (Å²) in [5.41, 5.74) is 0.863. The lowest BCUT2D eigenvalue weighted by Crippen LogP contribution is -2.30. The Morgan fingerprint density at radius 3 is 2.44 bits per heavy atom. The molecule has 1 aliphatic heterocycles. The van der Waals surface area contributed by atoms with E-state index in [2.05, 4.69) is 15.9 Å². The number of carbonyl (C=O) groups is 1. The van der Waals surface area contributed by atoms with Crippen molar-refractivity contribution in [3.8, 4) is 17.2 Å². The maximum atomic E-state index is 12.8. The first-order valence-corrected chi connectivity index (χ1v) is 9.41. The van der Waals surface area contributed by atoms with Gasteiger partial charge in [0.15, 0.2) is 21.9 Å². The van der Waals surface area contributed by atoms with Gasteiger partial charge in [-0.2, -0.15) is 0 Å². The second-order valence-corrected chi connectivity index (χ2v) is 7.24. The van der Waals surface area contributed by atoms with E-state index in [1.54, 1.807) is 56.2 Å². The monoisotopic (exact) mass is 427 g/mol. The number of hydrogen-bond donors (Lipinski definition) is 0. The number of carbonyl (C=O) groups excluding carboxylic acids is 1. The van der Waals surface area contributed by atoms with Crippen LogP contribution in [0.4, 0.5) is 0 Å². The highest BCUT2D eigenvalue weighted by molar-refractivity contribution is 9.10. The first-order valence-electron chi connectivity index (χ1n) is 7.56. The van der Waals surface area contributed by atoms with Crippen molar-refractivity contribution >= 4 is 33.6 Å². The smallest absolute Gasteiger partial charge is 0.290 e. The first kappa shape index (κ1) is 18.0. The van der Waals surface area contributed by atoms with Crippen LogP contribution in [0.5, 0.6) is 17.2 Å². The molecule has 0 spiro atoms. The zero-order valence-electron chi connectivity index (χ0n) is 14.1. The minimum atomic E-state index is -0.189. The Morgan fingerprint density at radius 1 is 1.16 bits per heavy atom. The summed E-state index contributed by atoms with van der Waals surface area (Å²) in [4.78, 5) is 14.6. The van der Waals surface area contributed by atoms with Crippen molar-refractivity contribution < 1.29 is 23.4 Å². The fourth-order valence-electron chi connectivity index (χ4n) is 2.75. The molecule has 3 rings (SSSR count). The summed E-state index contributed by atoms with van der Waals surface area (Å²) in [5, 5.41) is -0.189. The number of thioether (sulfide) groups is 1. The van der Waals surface area contributed by atoms with Crippen molar-refractivity contribution in [3.05, 3.63) is 40.3 Å². The molecule has 8 heteroatoms. The summed E-state index contributed by atoms with van der Waals surface area (Å²) in [6.07, 6.45) is 0. The van der Waals surface area contributed by atoms with E-state index in [1.165, 1.54) is 0 Å². The zero-order chi connectivity index (χ0) is 18.0. The van der Waals surface area contributed by atoms with E-state index >= 15 is 0 Å². The Hall–Kier alpha value is -1.80. The van der Waals surface area contributed by atoms with E-state index in [1.807, 2.05) is 6.07 Å². The van der Waals surface area contributed by atoms with Gasteiger partial charge in [0.1, 0.15) is 11.1 Å². The van der Waals surface area contributed by atoms with Gasteiger partial charge in [-0.15, -0.1) is 11.8 Å². The second kappa shape index (κ2) is 7.61. The number of ether oxygens (including phenoxy) is 3. The second-order valence-electron chi connectivity index (χ2n) is 5.27. The minimum Gasteiger partial charge on any atom is -0.496 e. The third-order valence-corrected chi connectivity index (χ3v) is 5.61. The van der Waals surface area contributed by atoms with Gasteiger partial charge in [0.25, 0.3) is 5.91 Å². The van der Waals surface area contributed by atoms with Gasteiger partial charge in [-0.3, -0.25) is 4.79 Å². The largest absolute Gasteiger partial charge is 0.496 e. The molecule has 25 heavy (non-hydrogen) atoms. The number of rotatable bonds is 5. The van der Waals surface area contributed by atoms with Gasteiger partial charge in [0, 0.05) is 23.9 Å². The predicted octanol–water partition coefficient (Wildman–Crippen LogP) is 3.96. The van der Waals surface area contributed by atoms with E-state index < -0.39 is 0 Å². The molecule has 1 unspecified atom stereocenters. The normalized spacial score (nSPS) is 16.8. The highest BCUT2D eigenvalue weighted by atomic mass is 79.9. The van der Waals surface area contributed by atoms with E-state index in [9.17, 15) is 4.79 Å². The number of benzene rings is 1. The Kier molecular flexibility index (Phi) is 5.48. The molecule has 2 aromatic rings. The molecule has 0 bridgehead atoms. The first-order chi connectivity index (χ1) is 12.1. The Morgan fingerprint density at radius 2 is 1.84 bits per heavy atom. The van der Waals surface area contributed by atoms with Crippen LogP contribution in [-0.2, 0) is 0 Å². The molecule has 1 aromatic carbocycles. The van der Waals surface area contributed by atoms with Crippen LogP contribution in [0.2, 0.25) is 0 Å². The molecule has 1 saturated heterocycles. The molecule has 1 fully saturated rings. The van der Waals surface area contributed by atoms with Crippen LogP contribution >= 0.6 is 27.7 Å². The topological polar surface area (TPSA) is 61.1 Å². The summed E-state index contributed by atoms with van der Waals surface area (Å²) in [5.74, 6) is 2.81. The lowest BCUT2D eigenvalue weighted by atomic mass is 10.1. The molecule has 0 aliphatic carbocycles. The van der Waals surface area contributed by atoms with Crippen LogP contribution in [0.25, 0.3) is 0 Å². The quantitative estimate of drug-likeness (QED) is 0.719. The molecule has 0 saturated carbocycles. The molecule has 0 N–H and O–H groups in total. The number of halogens is 1. The number of nitrogens with zero attached hydrogens (tertiary/aromatic N) is 1. The predicted molar refractivity (Wildman–Crippen MR) is 98.7 cm³/mol. The maximum Gasteiger partial charge on any atom is 0.290 e. The van der Waals surface area contributed by atoms with Crippen molar-refractivity contribution in [2.75, 3.05) is 33.6 Å². The fourth-order valence-corrected chi connectivity index (χ4v) is 4.33. The van der Waals surface area contributed by atoms with Gasteiger partial charge >= 0.3 is 0 Å². The molecule has 1 atom stereocenters. The molecule has 1 aliphatic rings. The Balaban J connectivity index is 1.98. The molecule has 2 heterocycles. The Labute approximate surface area is 158 Å². The van der Waals surface area contributed by atoms with Crippen molar-refractivity contribution in [2.24, 2.45) is 0 Å². The van der Waals surface area contributed by atoms with Crippen molar-refractivity contribution in [1.82, 2.24) is 4.90 Å². The van der Waals surface area contributed by atoms with Crippen LogP contribution in [0, 0.1) is 0 Å². The summed E-state index contributed by atoms with van der Waals surface area (Å²) < 4.78 is 22.2. The van der Waals surface area contributed by atoms with Gasteiger partial charge in [-0.05, 0) is 34.1 Å². The SMILES string of the molecule is COc1cc(OC)c(C2SCCN2C(=O)c2ccc(Br)o2)cc1OC. The van der Waals surface area contributed by atoms with E-state index in [0.29, 0.717) is 34.2 Å². The number of amides is 1. The third kappa shape index (κ3) is 3.46. The van der Waals surface area contributed by atoms with Gasteiger partial charge in [0.2, 0.25) is 0 Å². The minimum absolute atomic E-state index is 0.155. The summed E-state index contributed by atoms with van der Waals surface area (Å²) in [6, 6.07) is 7.01. The van der Waals surface area contributed by atoms with E-state index in [0.717, 1.165) is 11.3 Å².